The molecule has 0 atom stereocenters. The van der Waals surface area contributed by atoms with Gasteiger partial charge in [-0.3, -0.25) is 14.8 Å². The van der Waals surface area contributed by atoms with Gasteiger partial charge in [-0.15, -0.1) is 0 Å². The van der Waals surface area contributed by atoms with E-state index in [1.807, 2.05) is 25.1 Å². The number of thiazole rings is 1. The number of nitrogens with zero attached hydrogens (tertiary/aromatic N) is 1. The molecule has 0 bridgehead atoms. The highest BCUT2D eigenvalue weighted by Gasteiger charge is 2.23. The third-order valence-corrected chi connectivity index (χ3v) is 7.44. The number of anilines is 2. The number of aryl methyl sites for hydroxylation is 1. The zero-order valence-corrected chi connectivity index (χ0v) is 21.2. The molecule has 0 aliphatic rings. The van der Waals surface area contributed by atoms with Crippen LogP contribution in [0.1, 0.15) is 32.5 Å². The van der Waals surface area contributed by atoms with Crippen molar-refractivity contribution in [2.45, 2.75) is 18.7 Å². The number of hydrogen-bond donors (Lipinski definition) is 2. The molecule has 0 aliphatic carbocycles. The third-order valence-electron chi connectivity index (χ3n) is 5.10. The van der Waals surface area contributed by atoms with E-state index >= 15 is 0 Å². The Balaban J connectivity index is 1.63. The number of para-hydroxylation sites is 1. The van der Waals surface area contributed by atoms with E-state index in [-0.39, 0.29) is 32.8 Å². The molecule has 0 saturated carbocycles. The Hall–Kier alpha value is -4.02. The first-order valence-electron chi connectivity index (χ1n) is 11.0. The molecular weight excluding hydrogens is 498 g/mol. The summed E-state index contributed by atoms with van der Waals surface area (Å²) in [6.45, 7) is 3.76. The molecule has 10 heteroatoms. The summed E-state index contributed by atoms with van der Waals surface area (Å²) in [5, 5.41) is 2.86. The quantitative estimate of drug-likeness (QED) is 0.302. The Bertz CT molecular complexity index is 1500. The maximum atomic E-state index is 13.2. The highest BCUT2D eigenvalue weighted by molar-refractivity contribution is 7.92. The zero-order valence-electron chi connectivity index (χ0n) is 19.5. The molecule has 0 aliphatic heterocycles. The summed E-state index contributed by atoms with van der Waals surface area (Å²) < 4.78 is 33.4. The van der Waals surface area contributed by atoms with Crippen LogP contribution in [-0.4, -0.2) is 31.9 Å². The molecule has 0 spiro atoms. The predicted octanol–water partition coefficient (Wildman–Crippen LogP) is 5.35. The number of benzene rings is 3. The fraction of sp³-hybridized carbons (Fsp3) is 0.115. The van der Waals surface area contributed by atoms with Crippen LogP contribution < -0.4 is 10.0 Å². The average molecular weight is 522 g/mol. The molecule has 36 heavy (non-hydrogen) atoms. The van der Waals surface area contributed by atoms with Crippen LogP contribution in [0.2, 0.25) is 0 Å². The number of aromatic nitrogens is 1. The van der Waals surface area contributed by atoms with E-state index in [4.69, 9.17) is 4.74 Å². The summed E-state index contributed by atoms with van der Waals surface area (Å²) in [7, 11) is -3.92. The van der Waals surface area contributed by atoms with Gasteiger partial charge in [0.1, 0.15) is 4.88 Å². The second-order valence-corrected chi connectivity index (χ2v) is 10.4. The first-order chi connectivity index (χ1) is 17.3. The van der Waals surface area contributed by atoms with Gasteiger partial charge < -0.3 is 4.74 Å². The normalized spacial score (nSPS) is 11.1. The minimum Gasteiger partial charge on any atom is -0.462 e. The summed E-state index contributed by atoms with van der Waals surface area (Å²) >= 11 is 0.986. The Morgan fingerprint density at radius 3 is 2.31 bits per heavy atom. The molecule has 2 N–H and O–H groups in total. The molecule has 1 heterocycles. The highest BCUT2D eigenvalue weighted by atomic mass is 32.2. The lowest BCUT2D eigenvalue weighted by Crippen LogP contribution is -2.18. The largest absolute Gasteiger partial charge is 0.462 e. The van der Waals surface area contributed by atoms with Crippen LogP contribution >= 0.6 is 11.3 Å². The average Bonchev–Trinajstić information content (AvgIpc) is 3.29. The lowest BCUT2D eigenvalue weighted by atomic mass is 10.1. The highest BCUT2D eigenvalue weighted by Crippen LogP contribution is 2.32. The molecule has 0 radical (unpaired) electrons. The van der Waals surface area contributed by atoms with Gasteiger partial charge in [0.25, 0.3) is 15.9 Å². The number of rotatable bonds is 8. The van der Waals surface area contributed by atoms with Crippen molar-refractivity contribution >= 4 is 44.1 Å². The Labute approximate surface area is 213 Å². The van der Waals surface area contributed by atoms with E-state index in [9.17, 15) is 18.0 Å². The van der Waals surface area contributed by atoms with Gasteiger partial charge in [0.05, 0.1) is 28.4 Å². The van der Waals surface area contributed by atoms with Crippen LogP contribution in [-0.2, 0) is 14.8 Å². The monoisotopic (exact) mass is 521 g/mol. The van der Waals surface area contributed by atoms with Crippen molar-refractivity contribution in [2.24, 2.45) is 0 Å². The summed E-state index contributed by atoms with van der Waals surface area (Å²) in [5.41, 5.74) is 2.23. The first kappa shape index (κ1) is 25.1. The lowest BCUT2D eigenvalue weighted by Gasteiger charge is -2.12. The second kappa shape index (κ2) is 10.7. The van der Waals surface area contributed by atoms with Gasteiger partial charge in [-0.25, -0.2) is 18.2 Å². The van der Waals surface area contributed by atoms with Gasteiger partial charge in [0, 0.05) is 5.56 Å². The van der Waals surface area contributed by atoms with E-state index < -0.39 is 21.9 Å². The zero-order chi connectivity index (χ0) is 25.7. The third kappa shape index (κ3) is 5.61. The smallest absolute Gasteiger partial charge is 0.350 e. The van der Waals surface area contributed by atoms with Crippen LogP contribution in [0.5, 0.6) is 0 Å². The molecule has 184 valence electrons. The van der Waals surface area contributed by atoms with Gasteiger partial charge in [-0.1, -0.05) is 71.5 Å². The van der Waals surface area contributed by atoms with Crippen molar-refractivity contribution in [1.82, 2.24) is 4.98 Å². The summed E-state index contributed by atoms with van der Waals surface area (Å²) in [6, 6.07) is 21.7. The number of hydrogen-bond acceptors (Lipinski definition) is 7. The Kier molecular flexibility index (Phi) is 7.47. The summed E-state index contributed by atoms with van der Waals surface area (Å²) in [4.78, 5) is 30.5. The molecular formula is C26H23N3O5S2. The summed E-state index contributed by atoms with van der Waals surface area (Å²) in [5.74, 6) is -1.12. The van der Waals surface area contributed by atoms with Gasteiger partial charge >= 0.3 is 5.97 Å². The van der Waals surface area contributed by atoms with Gasteiger partial charge in [0.2, 0.25) is 0 Å². The van der Waals surface area contributed by atoms with E-state index in [1.165, 1.54) is 24.3 Å². The van der Waals surface area contributed by atoms with Crippen LogP contribution in [0.25, 0.3) is 11.3 Å². The van der Waals surface area contributed by atoms with Crippen LogP contribution in [0.15, 0.2) is 83.8 Å². The fourth-order valence-electron chi connectivity index (χ4n) is 3.36. The van der Waals surface area contributed by atoms with Gasteiger partial charge in [-0.05, 0) is 38.1 Å². The predicted molar refractivity (Wildman–Crippen MR) is 140 cm³/mol. The number of carbonyl (C=O) groups is 2. The number of carbonyl (C=O) groups excluding carboxylic acids is 2. The van der Waals surface area contributed by atoms with E-state index in [0.29, 0.717) is 11.3 Å². The minimum absolute atomic E-state index is 0.0785. The number of esters is 1. The Morgan fingerprint density at radius 1 is 0.944 bits per heavy atom. The number of sulfonamides is 1. The molecule has 4 aromatic rings. The molecule has 0 saturated heterocycles. The second-order valence-electron chi connectivity index (χ2n) is 7.70. The van der Waals surface area contributed by atoms with Crippen molar-refractivity contribution in [1.29, 1.82) is 0 Å². The SMILES string of the molecule is CCOC(=O)c1sc(NC(=O)c2ccccc2NS(=O)(=O)c2ccc(C)cc2)nc1-c1ccccc1. The number of ether oxygens (including phenoxy) is 1. The molecule has 4 rings (SSSR count). The van der Waals surface area contributed by atoms with Gasteiger partial charge in [0.15, 0.2) is 5.13 Å². The van der Waals surface area contributed by atoms with E-state index in [0.717, 1.165) is 16.9 Å². The first-order valence-corrected chi connectivity index (χ1v) is 13.3. The molecule has 0 fully saturated rings. The number of nitrogens with one attached hydrogen (secondary N) is 2. The fourth-order valence-corrected chi connectivity index (χ4v) is 5.31. The molecule has 1 aromatic heterocycles. The van der Waals surface area contributed by atoms with Crippen LogP contribution in [0, 0.1) is 6.92 Å². The van der Waals surface area contributed by atoms with Crippen molar-refractivity contribution in [2.75, 3.05) is 16.6 Å². The van der Waals surface area contributed by atoms with Crippen molar-refractivity contribution in [3.8, 4) is 11.3 Å². The lowest BCUT2D eigenvalue weighted by molar-refractivity contribution is 0.0532. The van der Waals surface area contributed by atoms with E-state index in [1.54, 1.807) is 43.3 Å². The minimum atomic E-state index is -3.92. The van der Waals surface area contributed by atoms with Gasteiger partial charge in [-0.2, -0.15) is 0 Å². The maximum Gasteiger partial charge on any atom is 0.350 e. The molecule has 1 amide bonds. The Morgan fingerprint density at radius 2 is 1.61 bits per heavy atom. The topological polar surface area (TPSA) is 114 Å². The van der Waals surface area contributed by atoms with E-state index in [2.05, 4.69) is 15.0 Å². The van der Waals surface area contributed by atoms with Crippen molar-refractivity contribution in [3.05, 3.63) is 94.9 Å². The summed E-state index contributed by atoms with van der Waals surface area (Å²) in [6.07, 6.45) is 0. The molecule has 8 nitrogen and oxygen atoms in total. The van der Waals surface area contributed by atoms with Crippen LogP contribution in [0.3, 0.4) is 0 Å². The van der Waals surface area contributed by atoms with Crippen LogP contribution in [0.4, 0.5) is 10.8 Å². The molecule has 0 unspecified atom stereocenters. The van der Waals surface area contributed by atoms with Crippen molar-refractivity contribution < 1.29 is 22.7 Å². The maximum absolute atomic E-state index is 13.2. The standard InChI is InChI=1S/C26H23N3O5S2/c1-3-34-25(31)23-22(18-9-5-4-6-10-18)27-26(35-23)28-24(30)20-11-7-8-12-21(20)29-36(32,33)19-15-13-17(2)14-16-19/h4-16,29H,3H2,1-2H3,(H,27,28,30). The number of amides is 1. The van der Waals surface area contributed by atoms with Crippen molar-refractivity contribution in [3.63, 3.8) is 0 Å². The molecule has 3 aromatic carbocycles.